The number of nitrogens with two attached hydrogens (primary N) is 1. The van der Waals surface area contributed by atoms with Crippen molar-refractivity contribution in [3.63, 3.8) is 0 Å². The molecule has 2 aromatic rings. The number of rotatable bonds is 8. The summed E-state index contributed by atoms with van der Waals surface area (Å²) in [6, 6.07) is 7.90. The van der Waals surface area contributed by atoms with E-state index in [-0.39, 0.29) is 13.2 Å². The Balaban J connectivity index is 1.85. The first-order valence-corrected chi connectivity index (χ1v) is 9.04. The normalized spacial score (nSPS) is 9.86. The smallest absolute Gasteiger partial charge is 0.0827 e. The highest BCUT2D eigenvalue weighted by atomic mass is 16.3. The Hall–Kier alpha value is -3.52. The van der Waals surface area contributed by atoms with Crippen molar-refractivity contribution in [1.29, 1.82) is 0 Å². The fourth-order valence-electron chi connectivity index (χ4n) is 2.38. The third-order valence-corrected chi connectivity index (χ3v) is 4.21. The Labute approximate surface area is 171 Å². The topological polar surface area (TPSA) is 97.2 Å². The molecule has 2 rings (SSSR count). The molecule has 0 bridgehead atoms. The van der Waals surface area contributed by atoms with Crippen LogP contribution >= 0.6 is 0 Å². The maximum atomic E-state index is 9.24. The molecule has 4 N–H and O–H groups in total. The van der Waals surface area contributed by atoms with Gasteiger partial charge in [-0.05, 0) is 72.5 Å². The molecule has 0 atom stereocenters. The van der Waals surface area contributed by atoms with Gasteiger partial charge in [-0.2, -0.15) is 0 Å². The summed E-state index contributed by atoms with van der Waals surface area (Å²) in [5, 5.41) is 26.7. The zero-order valence-corrected chi connectivity index (χ0v) is 16.0. The Kier molecular flexibility index (Phi) is 8.52. The molecule has 1 aromatic heterocycles. The maximum Gasteiger partial charge on any atom is 0.0827 e. The lowest BCUT2D eigenvalue weighted by Gasteiger charge is -2.23. The number of nitrogens with zero attached hydrogens (tertiary/aromatic N) is 3. The van der Waals surface area contributed by atoms with E-state index < -0.39 is 5.54 Å². The van der Waals surface area contributed by atoms with E-state index in [4.69, 9.17) is 12.2 Å². The predicted molar refractivity (Wildman–Crippen MR) is 111 cm³/mol. The minimum Gasteiger partial charge on any atom is -0.394 e. The molecule has 0 saturated heterocycles. The second kappa shape index (κ2) is 11.4. The molecule has 0 saturated carbocycles. The second-order valence-electron chi connectivity index (χ2n) is 6.49. The van der Waals surface area contributed by atoms with Crippen molar-refractivity contribution in [1.82, 2.24) is 15.0 Å². The molecule has 0 aliphatic heterocycles. The van der Waals surface area contributed by atoms with Crippen LogP contribution in [-0.4, -0.2) is 44.0 Å². The summed E-state index contributed by atoms with van der Waals surface area (Å²) in [4.78, 5) is 0. The zero-order chi connectivity index (χ0) is 21.0. The van der Waals surface area contributed by atoms with Crippen LogP contribution in [0.5, 0.6) is 0 Å². The number of benzene rings is 1. The first-order chi connectivity index (χ1) is 14.1. The number of aryl methyl sites for hydroxylation is 3. The number of hydrogen-bond acceptors (Lipinski definition) is 5. The van der Waals surface area contributed by atoms with E-state index in [0.717, 1.165) is 23.2 Å². The van der Waals surface area contributed by atoms with E-state index in [1.807, 2.05) is 30.5 Å². The van der Waals surface area contributed by atoms with Crippen LogP contribution in [0.25, 0.3) is 0 Å². The molecule has 6 heteroatoms. The van der Waals surface area contributed by atoms with Crippen molar-refractivity contribution in [3.8, 4) is 47.9 Å². The summed E-state index contributed by atoms with van der Waals surface area (Å²) in [7, 11) is 0. The predicted octanol–water partition coefficient (Wildman–Crippen LogP) is 0.127. The van der Waals surface area contributed by atoms with Crippen molar-refractivity contribution in [3.05, 3.63) is 47.3 Å². The van der Waals surface area contributed by atoms with Crippen LogP contribution in [0.1, 0.15) is 23.2 Å². The summed E-state index contributed by atoms with van der Waals surface area (Å²) in [5.41, 5.74) is 7.68. The molecule has 0 spiro atoms. The molecule has 0 aliphatic rings. The fraction of sp³-hybridized carbons (Fsp3) is 0.304. The van der Waals surface area contributed by atoms with Crippen molar-refractivity contribution < 1.29 is 10.2 Å². The van der Waals surface area contributed by atoms with Gasteiger partial charge >= 0.3 is 0 Å². The van der Waals surface area contributed by atoms with E-state index in [2.05, 4.69) is 51.8 Å². The van der Waals surface area contributed by atoms with E-state index in [0.29, 0.717) is 19.4 Å². The van der Waals surface area contributed by atoms with Gasteiger partial charge in [0.05, 0.1) is 24.4 Å². The molecule has 1 aromatic carbocycles. The van der Waals surface area contributed by atoms with E-state index in [1.165, 1.54) is 0 Å². The van der Waals surface area contributed by atoms with Crippen LogP contribution in [0, 0.1) is 47.9 Å². The lowest BCUT2D eigenvalue weighted by Crippen LogP contribution is -2.47. The maximum absolute atomic E-state index is 9.24. The van der Waals surface area contributed by atoms with Gasteiger partial charge in [-0.1, -0.05) is 23.3 Å². The van der Waals surface area contributed by atoms with E-state index in [1.54, 1.807) is 4.68 Å². The zero-order valence-electron chi connectivity index (χ0n) is 16.0. The second-order valence-corrected chi connectivity index (χ2v) is 6.49. The summed E-state index contributed by atoms with van der Waals surface area (Å²) in [5.74, 6) is 17.9. The van der Waals surface area contributed by atoms with E-state index in [9.17, 15) is 10.2 Å². The lowest BCUT2D eigenvalue weighted by molar-refractivity contribution is 0.114. The minimum absolute atomic E-state index is 0.273. The van der Waals surface area contributed by atoms with Crippen LogP contribution in [-0.2, 0) is 19.4 Å². The Morgan fingerprint density at radius 2 is 1.69 bits per heavy atom. The van der Waals surface area contributed by atoms with Gasteiger partial charge in [0.25, 0.3) is 0 Å². The standard InChI is InChI=1S/C23H22N4O2/c1-2-3-4-5-6-7-8-20-9-11-21(12-10-20)14-16-27-17-22(25-26-27)13-15-23(24,18-28)19-29/h1,9-12,17,28-29H,13-16,18-19,24H2. The van der Waals surface area contributed by atoms with Gasteiger partial charge in [-0.3, -0.25) is 4.68 Å². The number of aromatic nitrogens is 3. The highest BCUT2D eigenvalue weighted by molar-refractivity contribution is 5.44. The molecule has 6 nitrogen and oxygen atoms in total. The average molecular weight is 386 g/mol. The molecule has 0 radical (unpaired) electrons. The highest BCUT2D eigenvalue weighted by Crippen LogP contribution is 2.10. The quantitative estimate of drug-likeness (QED) is 0.560. The first kappa shape index (κ1) is 21.8. The third-order valence-electron chi connectivity index (χ3n) is 4.21. The van der Waals surface area contributed by atoms with Crippen molar-refractivity contribution in [2.45, 2.75) is 31.3 Å². The molecule has 0 fully saturated rings. The summed E-state index contributed by atoms with van der Waals surface area (Å²) in [6.07, 6.45) is 8.63. The van der Waals surface area contributed by atoms with Gasteiger partial charge < -0.3 is 15.9 Å². The molecule has 29 heavy (non-hydrogen) atoms. The number of terminal acetylenes is 1. The number of hydrogen-bond donors (Lipinski definition) is 3. The lowest BCUT2D eigenvalue weighted by atomic mass is 9.96. The van der Waals surface area contributed by atoms with Gasteiger partial charge in [0.2, 0.25) is 0 Å². The minimum atomic E-state index is -0.991. The average Bonchev–Trinajstić information content (AvgIpc) is 3.22. The van der Waals surface area contributed by atoms with Crippen molar-refractivity contribution >= 4 is 0 Å². The SMILES string of the molecule is C#CC#CC#CC#Cc1ccc(CCn2cc(CCC(N)(CO)CO)nn2)cc1. The Morgan fingerprint density at radius 1 is 1.00 bits per heavy atom. The fourth-order valence-corrected chi connectivity index (χ4v) is 2.38. The summed E-state index contributed by atoms with van der Waals surface area (Å²) in [6.45, 7) is 0.139. The van der Waals surface area contributed by atoms with Crippen LogP contribution in [0.4, 0.5) is 0 Å². The first-order valence-electron chi connectivity index (χ1n) is 9.04. The highest BCUT2D eigenvalue weighted by Gasteiger charge is 2.23. The van der Waals surface area contributed by atoms with Gasteiger partial charge in [-0.25, -0.2) is 0 Å². The van der Waals surface area contributed by atoms with Crippen LogP contribution < -0.4 is 5.73 Å². The molecule has 0 unspecified atom stereocenters. The third kappa shape index (κ3) is 7.55. The van der Waals surface area contributed by atoms with Crippen LogP contribution in [0.15, 0.2) is 30.5 Å². The van der Waals surface area contributed by atoms with Crippen molar-refractivity contribution in [2.75, 3.05) is 13.2 Å². The van der Waals surface area contributed by atoms with E-state index >= 15 is 0 Å². The Morgan fingerprint density at radius 3 is 2.38 bits per heavy atom. The largest absolute Gasteiger partial charge is 0.394 e. The van der Waals surface area contributed by atoms with Gasteiger partial charge in [0.15, 0.2) is 0 Å². The Bertz CT molecular complexity index is 1020. The van der Waals surface area contributed by atoms with Gasteiger partial charge in [0, 0.05) is 18.3 Å². The molecule has 146 valence electrons. The van der Waals surface area contributed by atoms with Crippen LogP contribution in [0.2, 0.25) is 0 Å². The molecule has 0 amide bonds. The molecule has 0 aliphatic carbocycles. The number of aliphatic hydroxyl groups is 2. The monoisotopic (exact) mass is 386 g/mol. The van der Waals surface area contributed by atoms with Crippen molar-refractivity contribution in [2.24, 2.45) is 5.73 Å². The van der Waals surface area contributed by atoms with Gasteiger partial charge in [-0.15, -0.1) is 11.5 Å². The molecular formula is C23H22N4O2. The summed E-state index contributed by atoms with van der Waals surface area (Å²) < 4.78 is 1.77. The molecule has 1 heterocycles. The molecular weight excluding hydrogens is 364 g/mol. The summed E-state index contributed by atoms with van der Waals surface area (Å²) >= 11 is 0. The van der Waals surface area contributed by atoms with Crippen LogP contribution in [0.3, 0.4) is 0 Å². The number of aliphatic hydroxyl groups excluding tert-OH is 2. The van der Waals surface area contributed by atoms with Gasteiger partial charge in [0.1, 0.15) is 0 Å².